The Morgan fingerprint density at radius 1 is 1.34 bits per heavy atom. The average Bonchev–Trinajstić information content (AvgIpc) is 3.50. The Balaban J connectivity index is 1.60. The second kappa shape index (κ2) is 7.21. The van der Waals surface area contributed by atoms with Crippen LogP contribution in [0.15, 0.2) is 41.3 Å². The largest absolute Gasteiger partial charge is 0.432 e. The zero-order chi connectivity index (χ0) is 22.6. The topological polar surface area (TPSA) is 92.3 Å². The zero-order valence-electron chi connectivity index (χ0n) is 17.2. The zero-order valence-corrected chi connectivity index (χ0v) is 17.2. The Morgan fingerprint density at radius 2 is 2.16 bits per heavy atom. The molecule has 5 rings (SSSR count). The summed E-state index contributed by atoms with van der Waals surface area (Å²) in [5.41, 5.74) is 0.0131. The number of pyridine rings is 1. The highest BCUT2D eigenvalue weighted by Crippen LogP contribution is 2.36. The first-order valence-electron chi connectivity index (χ1n) is 9.98. The molecule has 0 unspecified atom stereocenters. The molecule has 0 aromatic carbocycles. The number of aromatic nitrogens is 5. The van der Waals surface area contributed by atoms with Crippen molar-refractivity contribution in [2.45, 2.75) is 38.4 Å². The maximum Gasteiger partial charge on any atom is 0.292 e. The van der Waals surface area contributed by atoms with Gasteiger partial charge in [0, 0.05) is 30.4 Å². The van der Waals surface area contributed by atoms with E-state index < -0.39 is 24.0 Å². The lowest BCUT2D eigenvalue weighted by Gasteiger charge is -2.33. The minimum absolute atomic E-state index is 0.119. The monoisotopic (exact) mass is 444 g/mol. The van der Waals surface area contributed by atoms with Crippen molar-refractivity contribution in [2.24, 2.45) is 0 Å². The minimum atomic E-state index is -2.68. The number of carbonyl (C=O) groups is 1. The first-order chi connectivity index (χ1) is 15.2. The highest BCUT2D eigenvalue weighted by atomic mass is 19.3. The molecule has 0 fully saturated rings. The number of hydrogen-bond donors (Lipinski definition) is 1. The summed E-state index contributed by atoms with van der Waals surface area (Å²) in [5, 5.41) is 4.46. The molecule has 4 aromatic rings. The molecule has 0 aliphatic carbocycles. The summed E-state index contributed by atoms with van der Waals surface area (Å²) in [6, 6.07) is 3.62. The van der Waals surface area contributed by atoms with Gasteiger partial charge in [-0.05, 0) is 32.0 Å². The van der Waals surface area contributed by atoms with Crippen LogP contribution in [0, 0.1) is 0 Å². The van der Waals surface area contributed by atoms with Gasteiger partial charge in [0.2, 0.25) is 11.7 Å². The van der Waals surface area contributed by atoms with Crippen molar-refractivity contribution in [1.82, 2.24) is 29.5 Å². The Hall–Kier alpha value is -3.63. The summed E-state index contributed by atoms with van der Waals surface area (Å²) in [6.07, 6.45) is 2.10. The van der Waals surface area contributed by atoms with Crippen LogP contribution in [0.1, 0.15) is 65.4 Å². The van der Waals surface area contributed by atoms with Crippen LogP contribution in [-0.2, 0) is 12.1 Å². The lowest BCUT2D eigenvalue weighted by atomic mass is 9.99. The standard InChI is InChI=1S/C21H19F3N6O2/c1-21(2,24)20-25-9-15(32-20)19(31)29-7-5-12-16(27-10-26-12)17(29)13-8-14-11(18(22)23)4-3-6-30(14)28-13/h3-4,6,8-10,17-18H,5,7H2,1-2H3,(H,26,27)/t17-/m1/s1. The van der Waals surface area contributed by atoms with Crippen molar-refractivity contribution >= 4 is 11.4 Å². The average molecular weight is 444 g/mol. The second-order valence-electron chi connectivity index (χ2n) is 8.08. The van der Waals surface area contributed by atoms with Gasteiger partial charge in [-0.15, -0.1) is 0 Å². The molecule has 1 aliphatic heterocycles. The van der Waals surface area contributed by atoms with Crippen LogP contribution in [-0.4, -0.2) is 41.9 Å². The maximum absolute atomic E-state index is 14.2. The van der Waals surface area contributed by atoms with E-state index in [1.54, 1.807) is 6.20 Å². The molecule has 1 N–H and O–H groups in total. The van der Waals surface area contributed by atoms with Gasteiger partial charge in [0.25, 0.3) is 12.3 Å². The summed E-state index contributed by atoms with van der Waals surface area (Å²) >= 11 is 0. The molecule has 0 saturated heterocycles. The van der Waals surface area contributed by atoms with Gasteiger partial charge in [0.15, 0.2) is 5.67 Å². The Morgan fingerprint density at radius 3 is 2.88 bits per heavy atom. The number of nitrogens with zero attached hydrogens (tertiary/aromatic N) is 5. The summed E-state index contributed by atoms with van der Waals surface area (Å²) in [4.78, 5) is 26.1. The van der Waals surface area contributed by atoms with E-state index in [0.29, 0.717) is 24.4 Å². The van der Waals surface area contributed by atoms with Gasteiger partial charge in [-0.3, -0.25) is 4.79 Å². The third-order valence-electron chi connectivity index (χ3n) is 5.48. The quantitative estimate of drug-likeness (QED) is 0.514. The second-order valence-corrected chi connectivity index (χ2v) is 8.08. The molecule has 1 aliphatic rings. The van der Waals surface area contributed by atoms with Crippen molar-refractivity contribution in [3.63, 3.8) is 0 Å². The van der Waals surface area contributed by atoms with Crippen LogP contribution in [0.2, 0.25) is 0 Å². The molecule has 1 atom stereocenters. The molecule has 166 valence electrons. The van der Waals surface area contributed by atoms with E-state index in [0.717, 1.165) is 5.69 Å². The number of halogens is 3. The lowest BCUT2D eigenvalue weighted by Crippen LogP contribution is -2.40. The van der Waals surface area contributed by atoms with Gasteiger partial charge in [-0.2, -0.15) is 5.10 Å². The number of alkyl halides is 3. The van der Waals surface area contributed by atoms with E-state index in [-0.39, 0.29) is 22.7 Å². The predicted octanol–water partition coefficient (Wildman–Crippen LogP) is 3.98. The van der Waals surface area contributed by atoms with Crippen LogP contribution < -0.4 is 0 Å². The molecular formula is C21H19F3N6O2. The fourth-order valence-corrected chi connectivity index (χ4v) is 3.96. The highest BCUT2D eigenvalue weighted by Gasteiger charge is 2.38. The number of hydrogen-bond acceptors (Lipinski definition) is 5. The Bertz CT molecular complexity index is 1300. The number of imidazole rings is 1. The number of amides is 1. The maximum atomic E-state index is 14.2. The molecular weight excluding hydrogens is 425 g/mol. The summed E-state index contributed by atoms with van der Waals surface area (Å²) in [7, 11) is 0. The number of carbonyl (C=O) groups excluding carboxylic acids is 1. The number of fused-ring (bicyclic) bond motifs is 2. The molecule has 5 heterocycles. The molecule has 11 heteroatoms. The van der Waals surface area contributed by atoms with Gasteiger partial charge in [0.05, 0.1) is 29.4 Å². The van der Waals surface area contributed by atoms with Crippen LogP contribution in [0.5, 0.6) is 0 Å². The van der Waals surface area contributed by atoms with Crippen LogP contribution in [0.25, 0.3) is 5.52 Å². The van der Waals surface area contributed by atoms with Gasteiger partial charge in [-0.1, -0.05) is 0 Å². The number of aromatic amines is 1. The SMILES string of the molecule is CC(C)(F)c1ncc(C(=O)N2CCc3[nH]cnc3[C@H]2c2cc3c(C(F)F)cccn3n2)o1. The molecule has 0 radical (unpaired) electrons. The molecule has 1 amide bonds. The van der Waals surface area contributed by atoms with Crippen LogP contribution in [0.4, 0.5) is 13.2 Å². The van der Waals surface area contributed by atoms with Crippen LogP contribution in [0.3, 0.4) is 0 Å². The number of nitrogens with one attached hydrogen (secondary N) is 1. The highest BCUT2D eigenvalue weighted by molar-refractivity contribution is 5.92. The first kappa shape index (κ1) is 20.3. The van der Waals surface area contributed by atoms with Gasteiger partial charge in [0.1, 0.15) is 6.04 Å². The Labute approximate surface area is 180 Å². The lowest BCUT2D eigenvalue weighted by molar-refractivity contribution is 0.0643. The summed E-state index contributed by atoms with van der Waals surface area (Å²) in [6.45, 7) is 2.86. The molecule has 0 spiro atoms. The molecule has 32 heavy (non-hydrogen) atoms. The molecule has 4 aromatic heterocycles. The molecule has 0 bridgehead atoms. The van der Waals surface area contributed by atoms with E-state index in [1.165, 1.54) is 54.0 Å². The van der Waals surface area contributed by atoms with Crippen LogP contribution >= 0.6 is 0 Å². The van der Waals surface area contributed by atoms with Crippen molar-refractivity contribution in [3.05, 3.63) is 71.2 Å². The number of H-pyrrole nitrogens is 1. The Kier molecular flexibility index (Phi) is 4.57. The van der Waals surface area contributed by atoms with Gasteiger partial charge >= 0.3 is 0 Å². The van der Waals surface area contributed by atoms with Crippen molar-refractivity contribution in [1.29, 1.82) is 0 Å². The van der Waals surface area contributed by atoms with E-state index in [4.69, 9.17) is 4.42 Å². The number of oxazole rings is 1. The van der Waals surface area contributed by atoms with Crippen molar-refractivity contribution < 1.29 is 22.4 Å². The fourth-order valence-electron chi connectivity index (χ4n) is 3.96. The van der Waals surface area contributed by atoms with E-state index in [9.17, 15) is 18.0 Å². The third kappa shape index (κ3) is 3.24. The molecule has 0 saturated carbocycles. The third-order valence-corrected chi connectivity index (χ3v) is 5.48. The first-order valence-corrected chi connectivity index (χ1v) is 9.98. The van der Waals surface area contributed by atoms with E-state index in [2.05, 4.69) is 20.1 Å². The minimum Gasteiger partial charge on any atom is -0.432 e. The summed E-state index contributed by atoms with van der Waals surface area (Å²) in [5.74, 6) is -0.839. The fraction of sp³-hybridized carbons (Fsp3) is 0.333. The number of rotatable bonds is 4. The van der Waals surface area contributed by atoms with E-state index >= 15 is 0 Å². The van der Waals surface area contributed by atoms with E-state index in [1.807, 2.05) is 0 Å². The normalized spacial score (nSPS) is 16.7. The summed E-state index contributed by atoms with van der Waals surface area (Å²) < 4.78 is 47.9. The van der Waals surface area contributed by atoms with Gasteiger partial charge in [-0.25, -0.2) is 27.7 Å². The molecule has 8 nitrogen and oxygen atoms in total. The van der Waals surface area contributed by atoms with Crippen molar-refractivity contribution in [3.8, 4) is 0 Å². The predicted molar refractivity (Wildman–Crippen MR) is 106 cm³/mol. The van der Waals surface area contributed by atoms with Gasteiger partial charge < -0.3 is 14.3 Å². The smallest absolute Gasteiger partial charge is 0.292 e. The van der Waals surface area contributed by atoms with Crippen molar-refractivity contribution in [2.75, 3.05) is 6.54 Å².